The molecule has 0 aromatic rings. The van der Waals surface area contributed by atoms with Crippen LogP contribution in [-0.2, 0) is 14.3 Å². The summed E-state index contributed by atoms with van der Waals surface area (Å²) in [4.78, 5) is 25.8. The van der Waals surface area contributed by atoms with Gasteiger partial charge in [-0.25, -0.2) is 4.79 Å². The number of hydrogen-bond donors (Lipinski definition) is 2. The van der Waals surface area contributed by atoms with Crippen LogP contribution in [0.2, 0.25) is 0 Å². The topological polar surface area (TPSA) is 84.7 Å². The maximum atomic E-state index is 12.3. The molecule has 2 rings (SSSR count). The monoisotopic (exact) mass is 269 g/mol. The van der Waals surface area contributed by atoms with Crippen molar-refractivity contribution in [3.63, 3.8) is 0 Å². The average molecular weight is 269 g/mol. The average Bonchev–Trinajstić information content (AvgIpc) is 2.86. The summed E-state index contributed by atoms with van der Waals surface area (Å²) in [6.07, 6.45) is 1.14. The zero-order valence-electron chi connectivity index (χ0n) is 11.9. The molecule has 6 nitrogen and oxygen atoms in total. The quantitative estimate of drug-likeness (QED) is 0.668. The summed E-state index contributed by atoms with van der Waals surface area (Å²) >= 11 is 0. The molecule has 3 N–H and O–H groups in total. The van der Waals surface area contributed by atoms with Crippen molar-refractivity contribution in [1.82, 2.24) is 10.2 Å². The molecule has 0 aromatic carbocycles. The summed E-state index contributed by atoms with van der Waals surface area (Å²) in [5.41, 5.74) is 5.29. The number of rotatable bonds is 2. The molecule has 2 aliphatic rings. The van der Waals surface area contributed by atoms with E-state index in [1.54, 1.807) is 0 Å². The molecule has 19 heavy (non-hydrogen) atoms. The van der Waals surface area contributed by atoms with E-state index in [0.29, 0.717) is 26.0 Å². The predicted molar refractivity (Wildman–Crippen MR) is 70.4 cm³/mol. The minimum Gasteiger partial charge on any atom is -0.464 e. The van der Waals surface area contributed by atoms with Gasteiger partial charge in [-0.3, -0.25) is 9.69 Å². The van der Waals surface area contributed by atoms with E-state index in [-0.39, 0.29) is 17.4 Å². The maximum Gasteiger partial charge on any atom is 0.328 e. The van der Waals surface area contributed by atoms with Crippen LogP contribution in [0.4, 0.5) is 0 Å². The Labute approximate surface area is 113 Å². The third kappa shape index (κ3) is 2.90. The van der Waals surface area contributed by atoms with Crippen molar-refractivity contribution in [3.8, 4) is 0 Å². The van der Waals surface area contributed by atoms with E-state index in [4.69, 9.17) is 10.5 Å². The second-order valence-corrected chi connectivity index (χ2v) is 6.48. The fourth-order valence-electron chi connectivity index (χ4n) is 2.52. The first-order valence-corrected chi connectivity index (χ1v) is 6.74. The minimum absolute atomic E-state index is 0.00626. The molecule has 0 bridgehead atoms. The molecule has 2 atom stereocenters. The summed E-state index contributed by atoms with van der Waals surface area (Å²) in [5.74, 6) is -0.606. The Balaban J connectivity index is 1.97. The Bertz CT molecular complexity index is 391. The van der Waals surface area contributed by atoms with Gasteiger partial charge in [-0.2, -0.15) is 0 Å². The number of nitrogens with one attached hydrogen (secondary N) is 1. The first-order chi connectivity index (χ1) is 8.72. The fraction of sp³-hybridized carbons (Fsp3) is 0.846. The van der Waals surface area contributed by atoms with Crippen LogP contribution >= 0.6 is 0 Å². The van der Waals surface area contributed by atoms with Crippen molar-refractivity contribution in [2.45, 2.75) is 50.7 Å². The van der Waals surface area contributed by atoms with Crippen LogP contribution in [-0.4, -0.2) is 53.6 Å². The Morgan fingerprint density at radius 3 is 2.68 bits per heavy atom. The Kier molecular flexibility index (Phi) is 3.57. The minimum atomic E-state index is -0.907. The molecule has 2 fully saturated rings. The van der Waals surface area contributed by atoms with Crippen molar-refractivity contribution < 1.29 is 14.3 Å². The van der Waals surface area contributed by atoms with E-state index >= 15 is 0 Å². The van der Waals surface area contributed by atoms with Crippen molar-refractivity contribution in [1.29, 1.82) is 0 Å². The number of carbonyl (C=O) groups is 2. The fourth-order valence-corrected chi connectivity index (χ4v) is 2.52. The second kappa shape index (κ2) is 4.76. The van der Waals surface area contributed by atoms with Gasteiger partial charge in [-0.15, -0.1) is 0 Å². The lowest BCUT2D eigenvalue weighted by Gasteiger charge is -2.33. The Morgan fingerprint density at radius 2 is 2.21 bits per heavy atom. The number of cyclic esters (lactones) is 1. The number of hydrogen-bond acceptors (Lipinski definition) is 5. The van der Waals surface area contributed by atoms with E-state index in [2.05, 4.69) is 31.0 Å². The van der Waals surface area contributed by atoms with Crippen molar-refractivity contribution in [2.75, 3.05) is 19.7 Å². The van der Waals surface area contributed by atoms with Gasteiger partial charge in [-0.05, 0) is 27.2 Å². The molecule has 0 radical (unpaired) electrons. The van der Waals surface area contributed by atoms with Crippen LogP contribution in [0.15, 0.2) is 0 Å². The van der Waals surface area contributed by atoms with Gasteiger partial charge in [0, 0.05) is 25.0 Å². The number of esters is 1. The van der Waals surface area contributed by atoms with Gasteiger partial charge in [-0.1, -0.05) is 0 Å². The molecule has 2 aliphatic heterocycles. The summed E-state index contributed by atoms with van der Waals surface area (Å²) in [6.45, 7) is 7.99. The Morgan fingerprint density at radius 1 is 1.53 bits per heavy atom. The maximum absolute atomic E-state index is 12.3. The zero-order chi connectivity index (χ0) is 14.3. The number of likely N-dealkylation sites (tertiary alicyclic amines) is 1. The van der Waals surface area contributed by atoms with Gasteiger partial charge < -0.3 is 15.8 Å². The SMILES string of the molecule is CC(C)(C)N1CCC(N)(C(=O)N[C@H]2CCOC2=O)C1. The van der Waals surface area contributed by atoms with Gasteiger partial charge >= 0.3 is 5.97 Å². The Hall–Kier alpha value is -1.14. The van der Waals surface area contributed by atoms with Crippen LogP contribution in [0.3, 0.4) is 0 Å². The molecule has 0 saturated carbocycles. The first-order valence-electron chi connectivity index (χ1n) is 6.74. The molecule has 6 heteroatoms. The lowest BCUT2D eigenvalue weighted by atomic mass is 9.98. The van der Waals surface area contributed by atoms with Crippen LogP contribution in [0, 0.1) is 0 Å². The highest BCUT2D eigenvalue weighted by Crippen LogP contribution is 2.26. The number of nitrogens with zero attached hydrogens (tertiary/aromatic N) is 1. The van der Waals surface area contributed by atoms with Gasteiger partial charge in [0.1, 0.15) is 11.6 Å². The van der Waals surface area contributed by atoms with Gasteiger partial charge in [0.2, 0.25) is 5.91 Å². The third-order valence-electron chi connectivity index (χ3n) is 3.94. The van der Waals surface area contributed by atoms with Gasteiger partial charge in [0.25, 0.3) is 0 Å². The molecule has 2 saturated heterocycles. The molecular formula is C13H23N3O3. The normalized spacial score (nSPS) is 32.4. The van der Waals surface area contributed by atoms with Crippen molar-refractivity contribution >= 4 is 11.9 Å². The van der Waals surface area contributed by atoms with Gasteiger partial charge in [0.05, 0.1) is 6.61 Å². The number of nitrogens with two attached hydrogens (primary N) is 1. The van der Waals surface area contributed by atoms with Crippen LogP contribution < -0.4 is 11.1 Å². The second-order valence-electron chi connectivity index (χ2n) is 6.48. The molecule has 0 aromatic heterocycles. The van der Waals surface area contributed by atoms with Crippen LogP contribution in [0.1, 0.15) is 33.6 Å². The van der Waals surface area contributed by atoms with E-state index in [9.17, 15) is 9.59 Å². The highest BCUT2D eigenvalue weighted by atomic mass is 16.5. The third-order valence-corrected chi connectivity index (χ3v) is 3.94. The van der Waals surface area contributed by atoms with Crippen molar-refractivity contribution in [3.05, 3.63) is 0 Å². The highest BCUT2D eigenvalue weighted by Gasteiger charge is 2.45. The highest BCUT2D eigenvalue weighted by molar-refractivity contribution is 5.91. The molecule has 0 aliphatic carbocycles. The number of carbonyl (C=O) groups excluding carboxylic acids is 2. The van der Waals surface area contributed by atoms with Crippen LogP contribution in [0.25, 0.3) is 0 Å². The zero-order valence-corrected chi connectivity index (χ0v) is 11.9. The molecule has 1 unspecified atom stereocenters. The molecular weight excluding hydrogens is 246 g/mol. The molecule has 108 valence electrons. The van der Waals surface area contributed by atoms with E-state index < -0.39 is 11.6 Å². The van der Waals surface area contributed by atoms with Crippen molar-refractivity contribution in [2.24, 2.45) is 5.73 Å². The predicted octanol–water partition coefficient (Wildman–Crippen LogP) is -0.380. The van der Waals surface area contributed by atoms with E-state index in [1.807, 2.05) is 0 Å². The lowest BCUT2D eigenvalue weighted by Crippen LogP contribution is -2.59. The number of ether oxygens (including phenoxy) is 1. The smallest absolute Gasteiger partial charge is 0.328 e. The van der Waals surface area contributed by atoms with Crippen LogP contribution in [0.5, 0.6) is 0 Å². The largest absolute Gasteiger partial charge is 0.464 e. The molecule has 1 amide bonds. The molecule has 2 heterocycles. The lowest BCUT2D eigenvalue weighted by molar-refractivity contribution is -0.142. The summed E-state index contributed by atoms with van der Waals surface area (Å²) in [5, 5.41) is 2.72. The summed E-state index contributed by atoms with van der Waals surface area (Å²) < 4.78 is 4.83. The molecule has 0 spiro atoms. The van der Waals surface area contributed by atoms with Gasteiger partial charge in [0.15, 0.2) is 0 Å². The van der Waals surface area contributed by atoms with E-state index in [1.165, 1.54) is 0 Å². The standard InChI is InChI=1S/C13H23N3O3/c1-12(2,3)16-6-5-13(14,8-16)11(18)15-9-4-7-19-10(9)17/h9H,4-8,14H2,1-3H3,(H,15,18)/t9-,13?/m0/s1. The number of amides is 1. The summed E-state index contributed by atoms with van der Waals surface area (Å²) in [6, 6.07) is -0.531. The van der Waals surface area contributed by atoms with E-state index in [0.717, 1.165) is 6.54 Å². The summed E-state index contributed by atoms with van der Waals surface area (Å²) in [7, 11) is 0. The first kappa shape index (κ1) is 14.3.